The maximum atomic E-state index is 12.0. The van der Waals surface area contributed by atoms with Crippen LogP contribution >= 0.6 is 11.6 Å². The Labute approximate surface area is 102 Å². The van der Waals surface area contributed by atoms with Crippen molar-refractivity contribution in [1.82, 2.24) is 9.97 Å². The zero-order valence-electron chi connectivity index (χ0n) is 8.44. The number of benzene rings is 1. The highest BCUT2D eigenvalue weighted by Gasteiger charge is 2.30. The van der Waals surface area contributed by atoms with Crippen molar-refractivity contribution in [1.29, 1.82) is 5.26 Å². The van der Waals surface area contributed by atoms with Crippen LogP contribution < -0.4 is 0 Å². The highest BCUT2D eigenvalue weighted by atomic mass is 35.5. The quantitative estimate of drug-likeness (QED) is 0.605. The van der Waals surface area contributed by atoms with Gasteiger partial charge in [0.2, 0.25) is 5.78 Å². The van der Waals surface area contributed by atoms with Gasteiger partial charge in [-0.1, -0.05) is 35.9 Å². The summed E-state index contributed by atoms with van der Waals surface area (Å²) < 4.78 is 0. The molecule has 1 aromatic carbocycles. The predicted octanol–water partition coefficient (Wildman–Crippen LogP) is 2.21. The number of rotatable bonds is 0. The van der Waals surface area contributed by atoms with E-state index in [1.807, 2.05) is 12.1 Å². The van der Waals surface area contributed by atoms with Gasteiger partial charge in [-0.05, 0) is 0 Å². The molecular formula is C12H4ClN3O. The maximum absolute atomic E-state index is 12.0. The van der Waals surface area contributed by atoms with Gasteiger partial charge < -0.3 is 0 Å². The first kappa shape index (κ1) is 9.94. The minimum absolute atomic E-state index is 0.0217. The molecule has 0 atom stereocenters. The molecule has 0 fully saturated rings. The third-order valence-corrected chi connectivity index (χ3v) is 2.86. The Morgan fingerprint density at radius 1 is 1.12 bits per heavy atom. The number of hydrogen-bond donors (Lipinski definition) is 0. The highest BCUT2D eigenvalue weighted by molar-refractivity contribution is 6.31. The summed E-state index contributed by atoms with van der Waals surface area (Å²) >= 11 is 5.81. The summed E-state index contributed by atoms with van der Waals surface area (Å²) in [5.74, 6) is -0.212. The Morgan fingerprint density at radius 3 is 2.53 bits per heavy atom. The molecule has 0 saturated heterocycles. The molecule has 0 saturated carbocycles. The van der Waals surface area contributed by atoms with Crippen LogP contribution in [0.1, 0.15) is 21.7 Å². The fourth-order valence-corrected chi connectivity index (χ4v) is 2.02. The van der Waals surface area contributed by atoms with E-state index in [4.69, 9.17) is 16.9 Å². The number of carbonyl (C=O) groups is 1. The molecular weight excluding hydrogens is 238 g/mol. The summed E-state index contributed by atoms with van der Waals surface area (Å²) in [6, 6.07) is 8.90. The lowest BCUT2D eigenvalue weighted by molar-refractivity contribution is 0.103. The van der Waals surface area contributed by atoms with Crippen LogP contribution in [-0.2, 0) is 0 Å². The van der Waals surface area contributed by atoms with E-state index >= 15 is 0 Å². The first-order valence-electron chi connectivity index (χ1n) is 4.84. The Hall–Kier alpha value is -2.25. The van der Waals surface area contributed by atoms with Gasteiger partial charge in [-0.15, -0.1) is 0 Å². The largest absolute Gasteiger partial charge is 0.287 e. The maximum Gasteiger partial charge on any atom is 0.214 e. The van der Waals surface area contributed by atoms with Crippen molar-refractivity contribution in [3.8, 4) is 17.3 Å². The van der Waals surface area contributed by atoms with Crippen molar-refractivity contribution >= 4 is 17.4 Å². The molecule has 1 aliphatic carbocycles. The minimum Gasteiger partial charge on any atom is -0.287 e. The van der Waals surface area contributed by atoms with Crippen molar-refractivity contribution in [3.63, 3.8) is 0 Å². The zero-order valence-corrected chi connectivity index (χ0v) is 9.19. The van der Waals surface area contributed by atoms with Gasteiger partial charge in [0, 0.05) is 11.1 Å². The Balaban J connectivity index is 2.37. The molecule has 3 rings (SSSR count). The number of fused-ring (bicyclic) bond motifs is 3. The second-order valence-electron chi connectivity index (χ2n) is 3.55. The van der Waals surface area contributed by atoms with E-state index < -0.39 is 0 Å². The number of hydrogen-bond acceptors (Lipinski definition) is 4. The molecule has 4 nitrogen and oxygen atoms in total. The number of halogens is 1. The smallest absolute Gasteiger partial charge is 0.214 e. The van der Waals surface area contributed by atoms with E-state index in [1.54, 1.807) is 18.2 Å². The van der Waals surface area contributed by atoms with Gasteiger partial charge >= 0.3 is 0 Å². The SMILES string of the molecule is N#Cc1nc2c(nc1Cl)-c1ccccc1C2=O. The van der Waals surface area contributed by atoms with E-state index in [1.165, 1.54) is 0 Å². The Bertz CT molecular complexity index is 703. The molecule has 0 amide bonds. The third kappa shape index (κ3) is 1.26. The molecule has 80 valence electrons. The summed E-state index contributed by atoms with van der Waals surface area (Å²) in [6.07, 6.45) is 0. The molecule has 0 bridgehead atoms. The molecule has 1 heterocycles. The van der Waals surface area contributed by atoms with Crippen LogP contribution in [0.25, 0.3) is 11.3 Å². The van der Waals surface area contributed by atoms with E-state index in [2.05, 4.69) is 9.97 Å². The van der Waals surface area contributed by atoms with E-state index in [0.29, 0.717) is 16.8 Å². The van der Waals surface area contributed by atoms with Crippen molar-refractivity contribution in [2.45, 2.75) is 0 Å². The van der Waals surface area contributed by atoms with Crippen LogP contribution in [-0.4, -0.2) is 15.8 Å². The lowest BCUT2D eigenvalue weighted by Crippen LogP contribution is -2.02. The molecule has 0 unspecified atom stereocenters. The summed E-state index contributed by atoms with van der Waals surface area (Å²) in [4.78, 5) is 20.1. The van der Waals surface area contributed by atoms with Gasteiger partial charge in [-0.2, -0.15) is 5.26 Å². The number of ketones is 1. The Morgan fingerprint density at radius 2 is 1.82 bits per heavy atom. The first-order chi connectivity index (χ1) is 8.22. The molecule has 1 aromatic heterocycles. The van der Waals surface area contributed by atoms with E-state index in [-0.39, 0.29) is 22.3 Å². The average molecular weight is 242 g/mol. The molecule has 1 aliphatic rings. The lowest BCUT2D eigenvalue weighted by atomic mass is 10.1. The van der Waals surface area contributed by atoms with Crippen LogP contribution in [0.4, 0.5) is 0 Å². The van der Waals surface area contributed by atoms with Gasteiger partial charge in [0.1, 0.15) is 17.5 Å². The fraction of sp³-hybridized carbons (Fsp3) is 0. The van der Waals surface area contributed by atoms with Gasteiger partial charge in [0.25, 0.3) is 0 Å². The predicted molar refractivity (Wildman–Crippen MR) is 60.6 cm³/mol. The first-order valence-corrected chi connectivity index (χ1v) is 5.22. The normalized spacial score (nSPS) is 11.9. The highest BCUT2D eigenvalue weighted by Crippen LogP contribution is 2.34. The second-order valence-corrected chi connectivity index (χ2v) is 3.90. The standard InChI is InChI=1S/C12H4ClN3O/c13-12-8(5-14)15-10-9(16-12)6-3-1-2-4-7(6)11(10)17/h1-4H. The summed E-state index contributed by atoms with van der Waals surface area (Å²) in [7, 11) is 0. The van der Waals surface area contributed by atoms with Crippen LogP contribution in [0, 0.1) is 11.3 Å². The molecule has 2 aromatic rings. The van der Waals surface area contributed by atoms with E-state index in [0.717, 1.165) is 0 Å². The molecule has 0 aliphatic heterocycles. The summed E-state index contributed by atoms with van der Waals surface area (Å²) in [6.45, 7) is 0. The number of nitriles is 1. The zero-order chi connectivity index (χ0) is 12.0. The number of aromatic nitrogens is 2. The number of nitrogens with zero attached hydrogens (tertiary/aromatic N) is 3. The molecule has 0 radical (unpaired) electrons. The van der Waals surface area contributed by atoms with Gasteiger partial charge in [0.15, 0.2) is 10.8 Å². The molecule has 5 heteroatoms. The molecule has 0 spiro atoms. The number of carbonyl (C=O) groups excluding carboxylic acids is 1. The van der Waals surface area contributed by atoms with Crippen molar-refractivity contribution in [2.75, 3.05) is 0 Å². The molecule has 17 heavy (non-hydrogen) atoms. The second kappa shape index (κ2) is 3.37. The Kier molecular flexibility index (Phi) is 1.97. The average Bonchev–Trinajstić information content (AvgIpc) is 2.63. The van der Waals surface area contributed by atoms with E-state index in [9.17, 15) is 4.79 Å². The van der Waals surface area contributed by atoms with Crippen molar-refractivity contribution in [3.05, 3.63) is 46.4 Å². The lowest BCUT2D eigenvalue weighted by Gasteiger charge is -1.99. The topological polar surface area (TPSA) is 66.6 Å². The van der Waals surface area contributed by atoms with Crippen molar-refractivity contribution < 1.29 is 4.79 Å². The monoisotopic (exact) mass is 241 g/mol. The molecule has 0 N–H and O–H groups in total. The van der Waals surface area contributed by atoms with Gasteiger partial charge in [0.05, 0.1) is 0 Å². The summed E-state index contributed by atoms with van der Waals surface area (Å²) in [5, 5.41) is 8.83. The minimum atomic E-state index is -0.212. The van der Waals surface area contributed by atoms with Crippen LogP contribution in [0.2, 0.25) is 5.15 Å². The van der Waals surface area contributed by atoms with Crippen molar-refractivity contribution in [2.24, 2.45) is 0 Å². The van der Waals surface area contributed by atoms with Crippen LogP contribution in [0.15, 0.2) is 24.3 Å². The summed E-state index contributed by atoms with van der Waals surface area (Å²) in [5.41, 5.74) is 1.90. The van der Waals surface area contributed by atoms with Gasteiger partial charge in [-0.3, -0.25) is 4.79 Å². The van der Waals surface area contributed by atoms with Crippen LogP contribution in [0.5, 0.6) is 0 Å². The van der Waals surface area contributed by atoms with Gasteiger partial charge in [-0.25, -0.2) is 9.97 Å². The fourth-order valence-electron chi connectivity index (χ4n) is 1.85. The third-order valence-electron chi connectivity index (χ3n) is 2.60. The van der Waals surface area contributed by atoms with Crippen LogP contribution in [0.3, 0.4) is 0 Å².